The van der Waals surface area contributed by atoms with Gasteiger partial charge in [-0.25, -0.2) is 4.99 Å². The predicted octanol–water partition coefficient (Wildman–Crippen LogP) is 4.43. The van der Waals surface area contributed by atoms with Crippen molar-refractivity contribution in [2.24, 2.45) is 10.7 Å². The molecule has 0 aliphatic rings. The maximum absolute atomic E-state index is 12.9. The van der Waals surface area contributed by atoms with Crippen LogP contribution in [-0.4, -0.2) is 28.2 Å². The minimum Gasteiger partial charge on any atom is -0.382 e. The maximum atomic E-state index is 12.9. The molecule has 0 unspecified atom stereocenters. The lowest BCUT2D eigenvalue weighted by atomic mass is 10.1. The van der Waals surface area contributed by atoms with Gasteiger partial charge in [0.05, 0.1) is 16.9 Å². The first-order valence-corrected chi connectivity index (χ1v) is 10.9. The molecule has 0 bridgehead atoms. The van der Waals surface area contributed by atoms with Crippen LogP contribution >= 0.6 is 11.3 Å². The number of carbonyl (C=O) groups is 1. The van der Waals surface area contributed by atoms with Gasteiger partial charge in [-0.2, -0.15) is 0 Å². The molecule has 4 aromatic rings. The summed E-state index contributed by atoms with van der Waals surface area (Å²) in [6, 6.07) is 18.4. The van der Waals surface area contributed by atoms with Crippen molar-refractivity contribution in [1.29, 1.82) is 0 Å². The summed E-state index contributed by atoms with van der Waals surface area (Å²) in [5, 5.41) is 19.7. The van der Waals surface area contributed by atoms with Crippen LogP contribution in [-0.2, 0) is 6.54 Å². The Morgan fingerprint density at radius 1 is 1.15 bits per heavy atom. The number of aliphatic imine (C=N–C) groups is 1. The third-order valence-electron chi connectivity index (χ3n) is 4.75. The molecular weight excluding hydrogens is 440 g/mol. The number of hydrogen-bond donors (Lipinski definition) is 3. The zero-order valence-corrected chi connectivity index (χ0v) is 18.2. The molecule has 0 saturated carbocycles. The summed E-state index contributed by atoms with van der Waals surface area (Å²) in [6.07, 6.45) is 1.77. The van der Waals surface area contributed by atoms with E-state index in [1.165, 1.54) is 11.3 Å². The molecule has 2 aromatic heterocycles. The third kappa shape index (κ3) is 5.49. The molecule has 33 heavy (non-hydrogen) atoms. The summed E-state index contributed by atoms with van der Waals surface area (Å²) < 4.78 is 0. The number of para-hydroxylation sites is 1. The van der Waals surface area contributed by atoms with Crippen molar-refractivity contribution in [2.45, 2.75) is 6.54 Å². The number of hydrogen-bond acceptors (Lipinski definition) is 7. The Balaban J connectivity index is 1.46. The number of thiophene rings is 1. The number of nitrogens with one attached hydrogen (secondary N) is 2. The van der Waals surface area contributed by atoms with E-state index in [0.29, 0.717) is 22.8 Å². The number of pyridine rings is 1. The van der Waals surface area contributed by atoms with E-state index in [4.69, 9.17) is 5.73 Å². The van der Waals surface area contributed by atoms with Gasteiger partial charge in [-0.3, -0.25) is 19.9 Å². The largest absolute Gasteiger partial charge is 0.382 e. The molecule has 1 amide bonds. The summed E-state index contributed by atoms with van der Waals surface area (Å²) in [5.41, 5.74) is 9.23. The number of nitrogens with zero attached hydrogens (tertiary/aromatic N) is 3. The van der Waals surface area contributed by atoms with Gasteiger partial charge >= 0.3 is 0 Å². The van der Waals surface area contributed by atoms with Crippen LogP contribution in [0.25, 0.3) is 10.9 Å². The zero-order valence-electron chi connectivity index (χ0n) is 17.4. The highest BCUT2D eigenvalue weighted by Crippen LogP contribution is 2.26. The first-order chi connectivity index (χ1) is 16.0. The van der Waals surface area contributed by atoms with Crippen molar-refractivity contribution in [3.63, 3.8) is 0 Å². The van der Waals surface area contributed by atoms with Gasteiger partial charge in [-0.05, 0) is 47.3 Å². The molecule has 0 radical (unpaired) electrons. The molecule has 0 fully saturated rings. The fraction of sp³-hybridized carbons (Fsp3) is 0.0870. The van der Waals surface area contributed by atoms with E-state index in [1.807, 2.05) is 41.8 Å². The Kier molecular flexibility index (Phi) is 6.56. The molecule has 4 rings (SSSR count). The van der Waals surface area contributed by atoms with Gasteiger partial charge in [0.1, 0.15) is 4.88 Å². The molecule has 0 spiro atoms. The van der Waals surface area contributed by atoms with Gasteiger partial charge in [-0.15, -0.1) is 11.3 Å². The molecular formula is C23H20N6O3S. The van der Waals surface area contributed by atoms with Crippen LogP contribution in [0.2, 0.25) is 0 Å². The number of aromatic nitrogens is 1. The molecule has 4 N–H and O–H groups in total. The smallest absolute Gasteiger partial charge is 0.267 e. The zero-order chi connectivity index (χ0) is 23.2. The van der Waals surface area contributed by atoms with Gasteiger partial charge in [0.2, 0.25) is 0 Å². The highest BCUT2D eigenvalue weighted by Gasteiger charge is 2.14. The van der Waals surface area contributed by atoms with Crippen molar-refractivity contribution in [3.05, 3.63) is 92.8 Å². The van der Waals surface area contributed by atoms with E-state index in [0.717, 1.165) is 22.2 Å². The Labute approximate surface area is 193 Å². The fourth-order valence-electron chi connectivity index (χ4n) is 3.30. The number of benzene rings is 2. The van der Waals surface area contributed by atoms with Crippen LogP contribution < -0.4 is 16.4 Å². The van der Waals surface area contributed by atoms with Crippen LogP contribution in [0.5, 0.6) is 0 Å². The topological polar surface area (TPSA) is 136 Å². The van der Waals surface area contributed by atoms with Crippen molar-refractivity contribution in [1.82, 2.24) is 4.98 Å². The van der Waals surface area contributed by atoms with Gasteiger partial charge in [0.15, 0.2) is 5.84 Å². The average Bonchev–Trinajstić information content (AvgIpc) is 3.26. The number of anilines is 2. The van der Waals surface area contributed by atoms with Crippen LogP contribution in [0.1, 0.15) is 15.2 Å². The summed E-state index contributed by atoms with van der Waals surface area (Å²) in [5.74, 6) is -0.386. The second-order valence-corrected chi connectivity index (χ2v) is 8.02. The third-order valence-corrected chi connectivity index (χ3v) is 5.66. The van der Waals surface area contributed by atoms with Crippen LogP contribution in [0.4, 0.5) is 17.1 Å². The van der Waals surface area contributed by atoms with Crippen LogP contribution in [0, 0.1) is 10.1 Å². The van der Waals surface area contributed by atoms with E-state index in [2.05, 4.69) is 20.6 Å². The van der Waals surface area contributed by atoms with E-state index in [1.54, 1.807) is 30.5 Å². The summed E-state index contributed by atoms with van der Waals surface area (Å²) in [4.78, 5) is 31.8. The Hall–Kier alpha value is -4.31. The Morgan fingerprint density at radius 2 is 2.00 bits per heavy atom. The quantitative estimate of drug-likeness (QED) is 0.154. The second-order valence-electron chi connectivity index (χ2n) is 7.10. The SMILES string of the molecule is NC(C[N+](=O)[O-])=Nc1cccc(NC(=O)c2sccc2NCc2ccnc3ccccc23)c1. The van der Waals surface area contributed by atoms with E-state index in [9.17, 15) is 14.9 Å². The number of fused-ring (bicyclic) bond motifs is 1. The van der Waals surface area contributed by atoms with Crippen molar-refractivity contribution in [2.75, 3.05) is 17.2 Å². The molecule has 2 heterocycles. The van der Waals surface area contributed by atoms with Crippen LogP contribution in [0.15, 0.2) is 77.2 Å². The normalized spacial score (nSPS) is 11.3. The van der Waals surface area contributed by atoms with Gasteiger partial charge < -0.3 is 16.4 Å². The van der Waals surface area contributed by atoms with Gasteiger partial charge in [0.25, 0.3) is 12.5 Å². The molecule has 9 nitrogen and oxygen atoms in total. The number of nitro groups is 1. The minimum absolute atomic E-state index is 0.114. The maximum Gasteiger partial charge on any atom is 0.267 e. The predicted molar refractivity (Wildman–Crippen MR) is 131 cm³/mol. The van der Waals surface area contributed by atoms with E-state index in [-0.39, 0.29) is 11.7 Å². The monoisotopic (exact) mass is 460 g/mol. The van der Waals surface area contributed by atoms with Gasteiger partial charge in [0, 0.05) is 28.7 Å². The number of rotatable bonds is 8. The summed E-state index contributed by atoms with van der Waals surface area (Å²) >= 11 is 1.33. The molecule has 0 atom stereocenters. The van der Waals surface area contributed by atoms with Crippen molar-refractivity contribution >= 4 is 51.0 Å². The minimum atomic E-state index is -0.551. The van der Waals surface area contributed by atoms with Crippen molar-refractivity contribution in [3.8, 4) is 0 Å². The Morgan fingerprint density at radius 3 is 2.85 bits per heavy atom. The first kappa shape index (κ1) is 21.9. The number of carbonyl (C=O) groups excluding carboxylic acids is 1. The highest BCUT2D eigenvalue weighted by molar-refractivity contribution is 7.12. The number of amides is 1. The Bertz CT molecular complexity index is 1350. The lowest BCUT2D eigenvalue weighted by molar-refractivity contribution is -0.463. The van der Waals surface area contributed by atoms with Crippen LogP contribution in [0.3, 0.4) is 0 Å². The second kappa shape index (κ2) is 9.88. The molecule has 0 saturated heterocycles. The molecule has 166 valence electrons. The lowest BCUT2D eigenvalue weighted by Gasteiger charge is -2.10. The first-order valence-electron chi connectivity index (χ1n) is 10.00. The summed E-state index contributed by atoms with van der Waals surface area (Å²) in [7, 11) is 0. The molecule has 0 aliphatic carbocycles. The van der Waals surface area contributed by atoms with E-state index < -0.39 is 11.5 Å². The molecule has 0 aliphatic heterocycles. The summed E-state index contributed by atoms with van der Waals surface area (Å²) in [6.45, 7) is -0.00640. The standard InChI is InChI=1S/C23H20N6O3S/c24-21(14-29(31)32)27-16-4-3-5-17(12-16)28-23(30)22-20(9-11-33-22)26-13-15-8-10-25-19-7-2-1-6-18(15)19/h1-12,26H,13-14H2,(H2,24,27)(H,28,30). The average molecular weight is 461 g/mol. The fourth-order valence-corrected chi connectivity index (χ4v) is 4.06. The van der Waals surface area contributed by atoms with Gasteiger partial charge in [-0.1, -0.05) is 24.3 Å². The molecule has 2 aromatic carbocycles. The van der Waals surface area contributed by atoms with Crippen molar-refractivity contribution < 1.29 is 9.72 Å². The molecule has 10 heteroatoms. The number of nitrogens with two attached hydrogens (primary N) is 1. The number of amidine groups is 1. The lowest BCUT2D eigenvalue weighted by Crippen LogP contribution is -2.22. The van der Waals surface area contributed by atoms with E-state index >= 15 is 0 Å². The highest BCUT2D eigenvalue weighted by atomic mass is 32.1.